The lowest BCUT2D eigenvalue weighted by Gasteiger charge is -2.32. The van der Waals surface area contributed by atoms with Gasteiger partial charge in [0, 0.05) is 50.6 Å². The molecule has 2 saturated carbocycles. The van der Waals surface area contributed by atoms with Gasteiger partial charge in [0.25, 0.3) is 0 Å². The number of methoxy groups -OCH3 is 2. The SMILES string of the molecule is CC(=O)c1ccc(I)cc1.COC(=O)c1ccc2c(C3CCCC3)c(-c3ccc(C(C)=O)cc3)n(C)c2c1.COC(=O)c1ccc2c(C3CCCC3)c(B3OC(C)(C)C(C)(C)O3)n(C)c2c1. The molecule has 2 aliphatic carbocycles. The number of aryl methyl sites for hydroxylation is 2. The van der Waals surface area contributed by atoms with Gasteiger partial charge in [-0.3, -0.25) is 9.59 Å². The predicted molar refractivity (Wildman–Crippen MR) is 271 cm³/mol. The number of esters is 2. The first-order valence-corrected chi connectivity index (χ1v) is 24.1. The first-order valence-electron chi connectivity index (χ1n) is 23.0. The van der Waals surface area contributed by atoms with Gasteiger partial charge in [0.15, 0.2) is 11.6 Å². The summed E-state index contributed by atoms with van der Waals surface area (Å²) in [6, 6.07) is 27.1. The molecular weight excluding hydrogens is 942 g/mol. The van der Waals surface area contributed by atoms with Crippen LogP contribution in [0.3, 0.4) is 0 Å². The Bertz CT molecular complexity index is 2760. The zero-order valence-electron chi connectivity index (χ0n) is 40.0. The summed E-state index contributed by atoms with van der Waals surface area (Å²) in [4.78, 5) is 46.5. The van der Waals surface area contributed by atoms with E-state index in [4.69, 9.17) is 18.8 Å². The van der Waals surface area contributed by atoms with Gasteiger partial charge < -0.3 is 27.9 Å². The van der Waals surface area contributed by atoms with E-state index in [1.54, 1.807) is 13.8 Å². The van der Waals surface area contributed by atoms with Crippen LogP contribution < -0.4 is 5.59 Å². The van der Waals surface area contributed by atoms with Crippen LogP contribution in [0.2, 0.25) is 0 Å². The summed E-state index contributed by atoms with van der Waals surface area (Å²) >= 11 is 2.21. The second-order valence-electron chi connectivity index (χ2n) is 18.9. The van der Waals surface area contributed by atoms with E-state index in [-0.39, 0.29) is 23.5 Å². The zero-order valence-corrected chi connectivity index (χ0v) is 42.2. The molecule has 3 heterocycles. The average molecular weight is 1000 g/mol. The van der Waals surface area contributed by atoms with Crippen LogP contribution in [0.15, 0.2) is 84.9 Å². The molecule has 0 unspecified atom stereocenters. The molecule has 0 N–H and O–H groups in total. The van der Waals surface area contributed by atoms with E-state index in [1.165, 1.54) is 93.2 Å². The maximum absolute atomic E-state index is 12.1. The van der Waals surface area contributed by atoms with E-state index in [1.807, 2.05) is 79.8 Å². The Kier molecular flexibility index (Phi) is 14.8. The van der Waals surface area contributed by atoms with Gasteiger partial charge in [-0.2, -0.15) is 0 Å². The molecule has 9 rings (SSSR count). The minimum absolute atomic E-state index is 0.0716. The minimum atomic E-state index is -0.417. The third kappa shape index (κ3) is 9.83. The first-order chi connectivity index (χ1) is 31.4. The van der Waals surface area contributed by atoms with Crippen molar-refractivity contribution < 1.29 is 38.0 Å². The number of hydrogen-bond donors (Lipinski definition) is 0. The third-order valence-electron chi connectivity index (χ3n) is 14.2. The van der Waals surface area contributed by atoms with Crippen molar-refractivity contribution >= 4 is 80.6 Å². The topological polar surface area (TPSA) is 115 Å². The Balaban J connectivity index is 0.000000163. The number of halogens is 1. The fourth-order valence-electron chi connectivity index (χ4n) is 9.85. The normalized spacial score (nSPS) is 16.7. The number of nitrogens with zero attached hydrogens (tertiary/aromatic N) is 2. The summed E-state index contributed by atoms with van der Waals surface area (Å²) in [5.41, 5.74) is 9.96. The molecule has 6 aromatic rings. The summed E-state index contributed by atoms with van der Waals surface area (Å²) in [5, 5.41) is 2.39. The van der Waals surface area contributed by atoms with Gasteiger partial charge in [0.2, 0.25) is 0 Å². The van der Waals surface area contributed by atoms with Crippen molar-refractivity contribution in [2.75, 3.05) is 14.2 Å². The smallest absolute Gasteiger partial charge is 0.465 e. The second kappa shape index (κ2) is 20.0. The fourth-order valence-corrected chi connectivity index (χ4v) is 10.2. The Labute approximate surface area is 403 Å². The number of ketones is 2. The summed E-state index contributed by atoms with van der Waals surface area (Å²) < 4.78 is 28.2. The van der Waals surface area contributed by atoms with Gasteiger partial charge in [0.1, 0.15) is 0 Å². The van der Waals surface area contributed by atoms with Crippen molar-refractivity contribution in [3.8, 4) is 11.3 Å². The molecule has 12 heteroatoms. The van der Waals surface area contributed by atoms with Gasteiger partial charge in [-0.25, -0.2) is 9.59 Å². The number of carbonyl (C=O) groups is 4. The average Bonchev–Trinajstić information content (AvgIpc) is 4.15. The van der Waals surface area contributed by atoms with Crippen LogP contribution in [0, 0.1) is 3.57 Å². The highest BCUT2D eigenvalue weighted by Crippen LogP contribution is 2.45. The Morgan fingerprint density at radius 3 is 1.42 bits per heavy atom. The first kappa shape index (κ1) is 48.9. The molecule has 66 heavy (non-hydrogen) atoms. The summed E-state index contributed by atoms with van der Waals surface area (Å²) in [5.74, 6) is 0.580. The quantitative estimate of drug-likeness (QED) is 0.0641. The maximum atomic E-state index is 12.1. The molecule has 2 aromatic heterocycles. The van der Waals surface area contributed by atoms with Gasteiger partial charge in [-0.15, -0.1) is 0 Å². The highest BCUT2D eigenvalue weighted by Gasteiger charge is 2.54. The van der Waals surface area contributed by atoms with Crippen LogP contribution >= 0.6 is 22.6 Å². The van der Waals surface area contributed by atoms with Crippen LogP contribution in [0.25, 0.3) is 33.1 Å². The predicted octanol–water partition coefficient (Wildman–Crippen LogP) is 11.9. The number of ether oxygens (including phenoxy) is 2. The molecule has 10 nitrogen and oxygen atoms in total. The largest absolute Gasteiger partial charge is 0.512 e. The van der Waals surface area contributed by atoms with Gasteiger partial charge in [0.05, 0.1) is 47.8 Å². The van der Waals surface area contributed by atoms with E-state index in [9.17, 15) is 19.2 Å². The van der Waals surface area contributed by atoms with E-state index in [2.05, 4.69) is 78.6 Å². The molecule has 3 fully saturated rings. The molecule has 1 aliphatic heterocycles. The lowest BCUT2D eigenvalue weighted by atomic mass is 9.77. The third-order valence-corrected chi connectivity index (χ3v) is 14.9. The van der Waals surface area contributed by atoms with Crippen molar-refractivity contribution in [2.24, 2.45) is 14.1 Å². The van der Waals surface area contributed by atoms with E-state index in [0.29, 0.717) is 23.0 Å². The molecule has 0 amide bonds. The van der Waals surface area contributed by atoms with Crippen molar-refractivity contribution in [3.05, 3.63) is 122 Å². The van der Waals surface area contributed by atoms with Gasteiger partial charge in [-0.05, 0) is 155 Å². The van der Waals surface area contributed by atoms with E-state index < -0.39 is 18.3 Å². The minimum Gasteiger partial charge on any atom is -0.465 e. The fraction of sp³-hybridized carbons (Fsp3) is 0.407. The lowest BCUT2D eigenvalue weighted by molar-refractivity contribution is 0.00578. The number of carbonyl (C=O) groups excluding carboxylic acids is 4. The summed E-state index contributed by atoms with van der Waals surface area (Å²) in [6.07, 6.45) is 9.77. The van der Waals surface area contributed by atoms with Crippen molar-refractivity contribution in [1.82, 2.24) is 9.13 Å². The summed E-state index contributed by atoms with van der Waals surface area (Å²) in [7, 11) is 6.50. The standard InChI is InChI=1S/C24H25NO3.C22H30BNO4.C8H7IO/c1-15(26)16-8-10-18(11-9-16)23-22(17-6-4-5-7-17)20-13-12-19(24(27)28-3)14-21(20)25(23)2;1-21(2)22(3,4)28-23(27-21)19-18(14-9-7-8-10-14)16-12-11-15(20(25)26-6)13-17(16)24(19)5;1-6(10)7-2-4-8(9)5-3-7/h8-14,17H,4-7H2,1-3H3;11-14H,7-10H2,1-6H3;2-5H,1H3. The van der Waals surface area contributed by atoms with Crippen molar-refractivity contribution in [1.29, 1.82) is 0 Å². The molecule has 1 saturated heterocycles. The maximum Gasteiger partial charge on any atom is 0.512 e. The molecule has 0 bridgehead atoms. The molecule has 0 atom stereocenters. The van der Waals surface area contributed by atoms with Crippen LogP contribution in [0.5, 0.6) is 0 Å². The van der Waals surface area contributed by atoms with Gasteiger partial charge >= 0.3 is 19.1 Å². The van der Waals surface area contributed by atoms with E-state index in [0.717, 1.165) is 36.9 Å². The van der Waals surface area contributed by atoms with E-state index >= 15 is 0 Å². The Morgan fingerprint density at radius 2 is 0.985 bits per heavy atom. The molecule has 0 spiro atoms. The number of fused-ring (bicyclic) bond motifs is 2. The molecule has 346 valence electrons. The van der Waals surface area contributed by atoms with Gasteiger partial charge in [-0.1, -0.05) is 74.2 Å². The highest BCUT2D eigenvalue weighted by atomic mass is 127. The van der Waals surface area contributed by atoms with Crippen LogP contribution in [0.4, 0.5) is 0 Å². The number of aromatic nitrogens is 2. The van der Waals surface area contributed by atoms with Crippen LogP contribution in [-0.4, -0.2) is 65.2 Å². The molecule has 4 aromatic carbocycles. The Hall–Kier alpha value is -5.05. The number of rotatable bonds is 8. The second-order valence-corrected chi connectivity index (χ2v) is 20.1. The monoisotopic (exact) mass is 1000 g/mol. The van der Waals surface area contributed by atoms with Crippen molar-refractivity contribution in [2.45, 2.75) is 116 Å². The number of benzene rings is 4. The molecular formula is C54H62BIN2O8. The van der Waals surface area contributed by atoms with Crippen molar-refractivity contribution in [3.63, 3.8) is 0 Å². The Morgan fingerprint density at radius 1 is 0.591 bits per heavy atom. The molecule has 3 aliphatic rings. The van der Waals surface area contributed by atoms with Crippen LogP contribution in [-0.2, 0) is 32.9 Å². The van der Waals surface area contributed by atoms with Crippen LogP contribution in [0.1, 0.15) is 157 Å². The number of hydrogen-bond acceptors (Lipinski definition) is 8. The number of Topliss-reactive ketones (excluding diaryl/α,β-unsaturated/α-hetero) is 2. The highest BCUT2D eigenvalue weighted by molar-refractivity contribution is 14.1. The zero-order chi connectivity index (χ0) is 47.7. The molecule has 0 radical (unpaired) electrons. The summed E-state index contributed by atoms with van der Waals surface area (Å²) in [6.45, 7) is 11.5. The lowest BCUT2D eigenvalue weighted by Crippen LogP contribution is -2.41.